The molecule has 9 heteroatoms. The van der Waals surface area contributed by atoms with E-state index in [0.29, 0.717) is 9.79 Å². The van der Waals surface area contributed by atoms with E-state index in [1.54, 1.807) is 24.3 Å². The first-order valence-corrected chi connectivity index (χ1v) is 15.0. The molecule has 2 aromatic rings. The van der Waals surface area contributed by atoms with Crippen LogP contribution >= 0.6 is 95.6 Å². The van der Waals surface area contributed by atoms with Gasteiger partial charge in [0.05, 0.1) is 9.79 Å². The molecule has 0 atom stereocenters. The highest BCUT2D eigenvalue weighted by Crippen LogP contribution is 2.47. The van der Waals surface area contributed by atoms with Crippen molar-refractivity contribution in [3.05, 3.63) is 58.7 Å². The SMILES string of the molecule is CC(C)c1cc(C(Br)(Br)Br)ccc1S(=O)(=O)c1ccc(C(Br)(Br)Br)cc1C(C)C. The highest BCUT2D eigenvalue weighted by atomic mass is 80.0. The Balaban J connectivity index is 2.76. The van der Waals surface area contributed by atoms with Crippen LogP contribution in [0.5, 0.6) is 0 Å². The minimum atomic E-state index is -3.71. The molecule has 29 heavy (non-hydrogen) atoms. The molecule has 0 heterocycles. The third-order valence-electron chi connectivity index (χ3n) is 4.50. The predicted octanol–water partition coefficient (Wildman–Crippen LogP) is 9.36. The maximum atomic E-state index is 13.7. The first-order chi connectivity index (χ1) is 13.1. The van der Waals surface area contributed by atoms with Gasteiger partial charge in [-0.05, 0) is 46.2 Å². The number of rotatable bonds is 4. The summed E-state index contributed by atoms with van der Waals surface area (Å²) >= 11 is 21.1. The number of alkyl halides is 6. The van der Waals surface area contributed by atoms with Crippen LogP contribution in [0, 0.1) is 0 Å². The Morgan fingerprint density at radius 3 is 1.21 bits per heavy atom. The Hall–Kier alpha value is 1.27. The van der Waals surface area contributed by atoms with Gasteiger partial charge in [-0.15, -0.1) is 0 Å². The lowest BCUT2D eigenvalue weighted by Gasteiger charge is -2.22. The van der Waals surface area contributed by atoms with E-state index >= 15 is 0 Å². The van der Waals surface area contributed by atoms with Crippen LogP contribution in [0.4, 0.5) is 0 Å². The average Bonchev–Trinajstić information content (AvgIpc) is 2.58. The molecule has 0 bridgehead atoms. The van der Waals surface area contributed by atoms with Gasteiger partial charge >= 0.3 is 0 Å². The summed E-state index contributed by atoms with van der Waals surface area (Å²) in [6, 6.07) is 10.8. The van der Waals surface area contributed by atoms with Gasteiger partial charge in [-0.3, -0.25) is 0 Å². The van der Waals surface area contributed by atoms with Crippen LogP contribution in [0.2, 0.25) is 0 Å². The lowest BCUT2D eigenvalue weighted by atomic mass is 10.0. The maximum Gasteiger partial charge on any atom is 0.207 e. The summed E-state index contributed by atoms with van der Waals surface area (Å²) in [7, 11) is -3.71. The number of halogens is 6. The normalized spacial score (nSPS) is 13.4. The fourth-order valence-corrected chi connectivity index (χ4v) is 6.38. The summed E-state index contributed by atoms with van der Waals surface area (Å²) in [5.74, 6) is 0.0771. The van der Waals surface area contributed by atoms with E-state index < -0.39 is 14.1 Å². The summed E-state index contributed by atoms with van der Waals surface area (Å²) < 4.78 is 26.3. The Morgan fingerprint density at radius 1 is 0.655 bits per heavy atom. The van der Waals surface area contributed by atoms with Gasteiger partial charge in [0, 0.05) is 0 Å². The summed E-state index contributed by atoms with van der Waals surface area (Å²) in [6.45, 7) is 7.99. The average molecular weight is 804 g/mol. The maximum absolute atomic E-state index is 13.7. The summed E-state index contributed by atoms with van der Waals surface area (Å²) in [4.78, 5) is 0.677. The molecule has 0 fully saturated rings. The van der Waals surface area contributed by atoms with E-state index in [1.807, 2.05) is 39.8 Å². The number of hydrogen-bond acceptors (Lipinski definition) is 2. The van der Waals surface area contributed by atoms with Gasteiger partial charge in [0.15, 0.2) is 4.29 Å². The molecule has 0 N–H and O–H groups in total. The Labute approximate surface area is 223 Å². The number of benzene rings is 2. The van der Waals surface area contributed by atoms with Crippen LogP contribution in [-0.4, -0.2) is 8.42 Å². The molecule has 0 amide bonds. The van der Waals surface area contributed by atoms with E-state index in [0.717, 1.165) is 22.3 Å². The van der Waals surface area contributed by atoms with Crippen LogP contribution in [0.1, 0.15) is 61.8 Å². The molecular formula is C20H20Br6O2S. The molecule has 0 aliphatic carbocycles. The van der Waals surface area contributed by atoms with Gasteiger partial charge in [0.25, 0.3) is 0 Å². The molecule has 2 nitrogen and oxygen atoms in total. The Kier molecular flexibility index (Phi) is 8.81. The smallest absolute Gasteiger partial charge is 0.207 e. The van der Waals surface area contributed by atoms with E-state index in [9.17, 15) is 8.42 Å². The van der Waals surface area contributed by atoms with Crippen LogP contribution in [0.15, 0.2) is 46.2 Å². The quantitative estimate of drug-likeness (QED) is 0.289. The van der Waals surface area contributed by atoms with Crippen molar-refractivity contribution in [1.29, 1.82) is 0 Å². The topological polar surface area (TPSA) is 34.1 Å². The molecule has 2 aromatic carbocycles. The summed E-state index contributed by atoms with van der Waals surface area (Å²) in [6.07, 6.45) is 0. The Bertz CT molecular complexity index is 927. The van der Waals surface area contributed by atoms with Crippen molar-refractivity contribution < 1.29 is 8.42 Å². The first-order valence-electron chi connectivity index (χ1n) is 8.74. The Morgan fingerprint density at radius 2 is 0.966 bits per heavy atom. The van der Waals surface area contributed by atoms with Gasteiger partial charge in [0.2, 0.25) is 9.84 Å². The van der Waals surface area contributed by atoms with Crippen molar-refractivity contribution in [2.75, 3.05) is 0 Å². The van der Waals surface area contributed by atoms with Gasteiger partial charge in [-0.2, -0.15) is 0 Å². The molecule has 0 radical (unpaired) electrons. The molecule has 0 aromatic heterocycles. The largest absolute Gasteiger partial charge is 0.218 e. The molecule has 160 valence electrons. The molecule has 0 aliphatic rings. The third kappa shape index (κ3) is 6.20. The highest BCUT2D eigenvalue weighted by molar-refractivity contribution is 9.39. The first kappa shape index (κ1) is 26.5. The van der Waals surface area contributed by atoms with Crippen LogP contribution in [-0.2, 0) is 14.1 Å². The monoisotopic (exact) mass is 798 g/mol. The van der Waals surface area contributed by atoms with Crippen molar-refractivity contribution in [2.24, 2.45) is 0 Å². The summed E-state index contributed by atoms with van der Waals surface area (Å²) in [5, 5.41) is 0. The van der Waals surface area contributed by atoms with E-state index in [2.05, 4.69) is 95.6 Å². The van der Waals surface area contributed by atoms with Crippen LogP contribution in [0.3, 0.4) is 0 Å². The molecule has 0 aliphatic heterocycles. The fourth-order valence-electron chi connectivity index (χ4n) is 2.96. The van der Waals surface area contributed by atoms with Crippen molar-refractivity contribution >= 4 is 105 Å². The molecule has 0 saturated carbocycles. The van der Waals surface area contributed by atoms with Crippen molar-refractivity contribution in [2.45, 2.75) is 53.6 Å². The summed E-state index contributed by atoms with van der Waals surface area (Å²) in [5.41, 5.74) is 3.34. The van der Waals surface area contributed by atoms with Gasteiger partial charge in [0.1, 0.15) is 0 Å². The molecule has 0 unspecified atom stereocenters. The van der Waals surface area contributed by atoms with Crippen LogP contribution < -0.4 is 0 Å². The van der Waals surface area contributed by atoms with E-state index in [4.69, 9.17) is 0 Å². The second-order valence-electron chi connectivity index (χ2n) is 7.31. The second-order valence-corrected chi connectivity index (χ2v) is 22.7. The zero-order valence-electron chi connectivity index (χ0n) is 16.1. The van der Waals surface area contributed by atoms with E-state index in [-0.39, 0.29) is 11.8 Å². The van der Waals surface area contributed by atoms with E-state index in [1.165, 1.54) is 0 Å². The second kappa shape index (κ2) is 9.64. The minimum Gasteiger partial charge on any atom is -0.218 e. The molecular weight excluding hydrogens is 784 g/mol. The van der Waals surface area contributed by atoms with Gasteiger partial charge in [-0.25, -0.2) is 8.42 Å². The van der Waals surface area contributed by atoms with Crippen LogP contribution in [0.25, 0.3) is 0 Å². The van der Waals surface area contributed by atoms with Gasteiger partial charge < -0.3 is 0 Å². The van der Waals surface area contributed by atoms with Crippen molar-refractivity contribution in [3.63, 3.8) is 0 Å². The predicted molar refractivity (Wildman–Crippen MR) is 143 cm³/mol. The molecule has 0 saturated heterocycles. The minimum absolute atomic E-state index is 0.0385. The zero-order valence-corrected chi connectivity index (χ0v) is 26.4. The number of hydrogen-bond donors (Lipinski definition) is 0. The van der Waals surface area contributed by atoms with Gasteiger partial charge in [-0.1, -0.05) is 148 Å². The lowest BCUT2D eigenvalue weighted by molar-refractivity contribution is 0.591. The zero-order chi connectivity index (χ0) is 22.4. The fraction of sp³-hybridized carbons (Fsp3) is 0.400. The standard InChI is InChI=1S/C20H20Br6O2S/c1-11(2)15-9-13(19(21,22)23)5-7-17(15)29(27,28)18-8-6-14(20(24,25)26)10-16(18)12(3)4/h5-12H,1-4H3. The highest BCUT2D eigenvalue weighted by Gasteiger charge is 2.30. The third-order valence-corrected chi connectivity index (χ3v) is 9.15. The molecule has 2 rings (SSSR count). The molecule has 0 spiro atoms. The number of sulfone groups is 1. The van der Waals surface area contributed by atoms with Crippen molar-refractivity contribution in [1.82, 2.24) is 0 Å². The van der Waals surface area contributed by atoms with Crippen molar-refractivity contribution in [3.8, 4) is 0 Å². The lowest BCUT2D eigenvalue weighted by Crippen LogP contribution is -2.12.